The summed E-state index contributed by atoms with van der Waals surface area (Å²) in [6, 6.07) is 0. The SMILES string of the molecule is C=CC(C)CC/C=C(\C)CC. The monoisotopic (exact) mass is 152 g/mol. The third-order valence-corrected chi connectivity index (χ3v) is 2.07. The van der Waals surface area contributed by atoms with E-state index in [-0.39, 0.29) is 0 Å². The van der Waals surface area contributed by atoms with Crippen molar-refractivity contribution in [1.29, 1.82) is 0 Å². The number of hydrogen-bond acceptors (Lipinski definition) is 0. The van der Waals surface area contributed by atoms with E-state index < -0.39 is 0 Å². The van der Waals surface area contributed by atoms with E-state index in [1.165, 1.54) is 24.8 Å². The van der Waals surface area contributed by atoms with Gasteiger partial charge in [-0.2, -0.15) is 0 Å². The van der Waals surface area contributed by atoms with Gasteiger partial charge in [0.2, 0.25) is 0 Å². The van der Waals surface area contributed by atoms with Gasteiger partial charge in [-0.05, 0) is 32.1 Å². The minimum atomic E-state index is 0.663. The quantitative estimate of drug-likeness (QED) is 0.523. The number of hydrogen-bond donors (Lipinski definition) is 0. The van der Waals surface area contributed by atoms with Crippen LogP contribution in [0.4, 0.5) is 0 Å². The average Bonchev–Trinajstić information content (AvgIpc) is 2.04. The third-order valence-electron chi connectivity index (χ3n) is 2.07. The van der Waals surface area contributed by atoms with E-state index >= 15 is 0 Å². The van der Waals surface area contributed by atoms with Crippen molar-refractivity contribution >= 4 is 0 Å². The Hall–Kier alpha value is -0.520. The number of rotatable bonds is 5. The van der Waals surface area contributed by atoms with Crippen LogP contribution in [0.3, 0.4) is 0 Å². The van der Waals surface area contributed by atoms with Crippen LogP contribution in [-0.4, -0.2) is 0 Å². The molecular weight excluding hydrogens is 132 g/mol. The lowest BCUT2D eigenvalue weighted by molar-refractivity contribution is 0.657. The summed E-state index contributed by atoms with van der Waals surface area (Å²) in [6.07, 6.45) is 7.98. The molecule has 0 heterocycles. The Morgan fingerprint density at radius 2 is 2.18 bits per heavy atom. The Balaban J connectivity index is 3.47. The van der Waals surface area contributed by atoms with Gasteiger partial charge in [0.25, 0.3) is 0 Å². The van der Waals surface area contributed by atoms with Crippen LogP contribution in [0, 0.1) is 5.92 Å². The van der Waals surface area contributed by atoms with Gasteiger partial charge in [0.15, 0.2) is 0 Å². The van der Waals surface area contributed by atoms with Gasteiger partial charge < -0.3 is 0 Å². The van der Waals surface area contributed by atoms with E-state index in [0.717, 1.165) is 0 Å². The van der Waals surface area contributed by atoms with Crippen LogP contribution in [0.2, 0.25) is 0 Å². The summed E-state index contributed by atoms with van der Waals surface area (Å²) in [5, 5.41) is 0. The first-order valence-electron chi connectivity index (χ1n) is 4.48. The summed E-state index contributed by atoms with van der Waals surface area (Å²) in [5.74, 6) is 0.663. The fourth-order valence-corrected chi connectivity index (χ4v) is 0.855. The van der Waals surface area contributed by atoms with E-state index in [2.05, 4.69) is 33.4 Å². The highest BCUT2D eigenvalue weighted by molar-refractivity contribution is 4.96. The van der Waals surface area contributed by atoms with Crippen LogP contribution in [0.25, 0.3) is 0 Å². The molecule has 0 spiro atoms. The third kappa shape index (κ3) is 5.90. The van der Waals surface area contributed by atoms with E-state index in [9.17, 15) is 0 Å². The molecule has 0 aromatic carbocycles. The molecule has 0 fully saturated rings. The van der Waals surface area contributed by atoms with Gasteiger partial charge in [-0.25, -0.2) is 0 Å². The molecule has 11 heavy (non-hydrogen) atoms. The Morgan fingerprint density at radius 3 is 2.64 bits per heavy atom. The smallest absolute Gasteiger partial charge is 0.0262 e. The minimum absolute atomic E-state index is 0.663. The van der Waals surface area contributed by atoms with Crippen molar-refractivity contribution in [3.8, 4) is 0 Å². The molecule has 0 rings (SSSR count). The van der Waals surface area contributed by atoms with Gasteiger partial charge in [0, 0.05) is 0 Å². The molecule has 0 aromatic rings. The van der Waals surface area contributed by atoms with Crippen LogP contribution in [0.1, 0.15) is 40.0 Å². The Labute approximate surface area is 71.0 Å². The summed E-state index contributed by atoms with van der Waals surface area (Å²) >= 11 is 0. The zero-order valence-electron chi connectivity index (χ0n) is 8.06. The minimum Gasteiger partial charge on any atom is -0.103 e. The molecule has 1 unspecified atom stereocenters. The van der Waals surface area contributed by atoms with E-state index in [1.807, 2.05) is 6.08 Å². The first-order valence-corrected chi connectivity index (χ1v) is 4.48. The zero-order chi connectivity index (χ0) is 8.69. The molecule has 0 aliphatic heterocycles. The van der Waals surface area contributed by atoms with Gasteiger partial charge in [0.1, 0.15) is 0 Å². The van der Waals surface area contributed by atoms with Crippen molar-refractivity contribution in [2.24, 2.45) is 5.92 Å². The lowest BCUT2D eigenvalue weighted by Gasteiger charge is -2.02. The first kappa shape index (κ1) is 10.5. The van der Waals surface area contributed by atoms with Gasteiger partial charge in [-0.3, -0.25) is 0 Å². The second-order valence-corrected chi connectivity index (χ2v) is 3.19. The maximum atomic E-state index is 3.76. The van der Waals surface area contributed by atoms with Crippen LogP contribution in [-0.2, 0) is 0 Å². The highest BCUT2D eigenvalue weighted by Crippen LogP contribution is 2.09. The second-order valence-electron chi connectivity index (χ2n) is 3.19. The molecule has 0 aliphatic carbocycles. The predicted octanol–water partition coefficient (Wildman–Crippen LogP) is 3.95. The molecule has 0 saturated carbocycles. The molecule has 1 atom stereocenters. The molecule has 0 amide bonds. The van der Waals surface area contributed by atoms with Crippen LogP contribution < -0.4 is 0 Å². The Kier molecular flexibility index (Phi) is 5.91. The highest BCUT2D eigenvalue weighted by Gasteiger charge is 1.92. The van der Waals surface area contributed by atoms with Crippen LogP contribution >= 0.6 is 0 Å². The zero-order valence-corrected chi connectivity index (χ0v) is 8.06. The lowest BCUT2D eigenvalue weighted by Crippen LogP contribution is -1.86. The fourth-order valence-electron chi connectivity index (χ4n) is 0.855. The van der Waals surface area contributed by atoms with Crippen molar-refractivity contribution in [3.63, 3.8) is 0 Å². The van der Waals surface area contributed by atoms with E-state index in [0.29, 0.717) is 5.92 Å². The Morgan fingerprint density at radius 1 is 1.55 bits per heavy atom. The first-order chi connectivity index (χ1) is 5.20. The summed E-state index contributed by atoms with van der Waals surface area (Å²) in [4.78, 5) is 0. The molecule has 0 N–H and O–H groups in total. The molecule has 0 radical (unpaired) electrons. The van der Waals surface area contributed by atoms with E-state index in [1.54, 1.807) is 0 Å². The van der Waals surface area contributed by atoms with Crippen molar-refractivity contribution in [3.05, 3.63) is 24.3 Å². The average molecular weight is 152 g/mol. The van der Waals surface area contributed by atoms with Crippen molar-refractivity contribution in [2.45, 2.75) is 40.0 Å². The molecule has 0 bridgehead atoms. The largest absolute Gasteiger partial charge is 0.103 e. The fraction of sp³-hybridized carbons (Fsp3) is 0.636. The number of allylic oxidation sites excluding steroid dienone is 3. The maximum Gasteiger partial charge on any atom is -0.0262 e. The molecular formula is C11H20. The summed E-state index contributed by atoms with van der Waals surface area (Å²) in [5.41, 5.74) is 1.50. The molecule has 0 aliphatic rings. The second kappa shape index (κ2) is 6.21. The van der Waals surface area contributed by atoms with Crippen molar-refractivity contribution in [2.75, 3.05) is 0 Å². The summed E-state index contributed by atoms with van der Waals surface area (Å²) in [7, 11) is 0. The molecule has 0 heteroatoms. The van der Waals surface area contributed by atoms with Crippen molar-refractivity contribution < 1.29 is 0 Å². The summed E-state index contributed by atoms with van der Waals surface area (Å²) in [6.45, 7) is 10.4. The molecule has 64 valence electrons. The van der Waals surface area contributed by atoms with E-state index in [4.69, 9.17) is 0 Å². The van der Waals surface area contributed by atoms with Gasteiger partial charge >= 0.3 is 0 Å². The highest BCUT2D eigenvalue weighted by atomic mass is 14.0. The van der Waals surface area contributed by atoms with Crippen LogP contribution in [0.5, 0.6) is 0 Å². The van der Waals surface area contributed by atoms with Gasteiger partial charge in [0.05, 0.1) is 0 Å². The topological polar surface area (TPSA) is 0 Å². The summed E-state index contributed by atoms with van der Waals surface area (Å²) < 4.78 is 0. The molecule has 0 saturated heterocycles. The molecule has 0 nitrogen and oxygen atoms in total. The van der Waals surface area contributed by atoms with Gasteiger partial charge in [-0.15, -0.1) is 6.58 Å². The van der Waals surface area contributed by atoms with Crippen molar-refractivity contribution in [1.82, 2.24) is 0 Å². The lowest BCUT2D eigenvalue weighted by atomic mass is 10.0. The normalized spacial score (nSPS) is 14.6. The maximum absolute atomic E-state index is 3.76. The molecule has 0 aromatic heterocycles. The standard InChI is InChI=1S/C11H20/c1-5-10(3)8-7-9-11(4)6-2/h5,9-10H,1,6-8H2,2-4H3/b11-9+. The predicted molar refractivity (Wildman–Crippen MR) is 52.6 cm³/mol. The van der Waals surface area contributed by atoms with Gasteiger partial charge in [-0.1, -0.05) is 31.6 Å². The Bertz CT molecular complexity index is 131. The van der Waals surface area contributed by atoms with Crippen LogP contribution in [0.15, 0.2) is 24.3 Å².